The molecule has 16 heavy (non-hydrogen) atoms. The Balaban J connectivity index is 2.59. The fourth-order valence-electron chi connectivity index (χ4n) is 1.20. The molecule has 6 heteroatoms. The van der Waals surface area contributed by atoms with Crippen LogP contribution in [0.2, 0.25) is 0 Å². The number of rotatable bonds is 6. The summed E-state index contributed by atoms with van der Waals surface area (Å²) in [6, 6.07) is 3.09. The van der Waals surface area contributed by atoms with Crippen molar-refractivity contribution < 1.29 is 4.92 Å². The zero-order chi connectivity index (χ0) is 12.0. The molecule has 1 rings (SSSR count). The summed E-state index contributed by atoms with van der Waals surface area (Å²) in [7, 11) is 0. The molecule has 5 nitrogen and oxygen atoms in total. The van der Waals surface area contributed by atoms with Crippen LogP contribution >= 0.6 is 11.8 Å². The fourth-order valence-corrected chi connectivity index (χ4v) is 1.87. The normalized spacial score (nSPS) is 12.1. The van der Waals surface area contributed by atoms with Gasteiger partial charge in [0.25, 0.3) is 5.69 Å². The summed E-state index contributed by atoms with van der Waals surface area (Å²) in [5.74, 6) is 2.58. The topological polar surface area (TPSA) is 68.1 Å². The van der Waals surface area contributed by atoms with Crippen LogP contribution in [-0.2, 0) is 0 Å². The number of nitrogens with one attached hydrogen (secondary N) is 1. The van der Waals surface area contributed by atoms with E-state index in [9.17, 15) is 10.1 Å². The zero-order valence-electron chi connectivity index (χ0n) is 9.34. The van der Waals surface area contributed by atoms with Crippen molar-refractivity contribution in [2.45, 2.75) is 19.9 Å². The van der Waals surface area contributed by atoms with Crippen LogP contribution in [0.1, 0.15) is 13.8 Å². The summed E-state index contributed by atoms with van der Waals surface area (Å²) >= 11 is 1.82. The number of anilines is 1. The van der Waals surface area contributed by atoms with E-state index in [-0.39, 0.29) is 11.7 Å². The maximum Gasteiger partial charge on any atom is 0.274 e. The van der Waals surface area contributed by atoms with Gasteiger partial charge in [-0.05, 0) is 12.7 Å². The van der Waals surface area contributed by atoms with Gasteiger partial charge in [-0.15, -0.1) is 0 Å². The Hall–Kier alpha value is -1.30. The van der Waals surface area contributed by atoms with Crippen molar-refractivity contribution in [1.29, 1.82) is 0 Å². The van der Waals surface area contributed by atoms with Crippen molar-refractivity contribution in [2.75, 3.05) is 16.8 Å². The van der Waals surface area contributed by atoms with Crippen molar-refractivity contribution in [3.8, 4) is 0 Å². The van der Waals surface area contributed by atoms with Crippen LogP contribution < -0.4 is 5.32 Å². The van der Waals surface area contributed by atoms with Gasteiger partial charge in [0.2, 0.25) is 0 Å². The maximum atomic E-state index is 10.6. The monoisotopic (exact) mass is 241 g/mol. The van der Waals surface area contributed by atoms with Crippen molar-refractivity contribution in [2.24, 2.45) is 0 Å². The highest BCUT2D eigenvalue weighted by Gasteiger charge is 2.08. The molecule has 0 fully saturated rings. The molecule has 0 spiro atoms. The first kappa shape index (κ1) is 12.8. The molecule has 0 saturated carbocycles. The molecular weight excluding hydrogens is 226 g/mol. The highest BCUT2D eigenvalue weighted by molar-refractivity contribution is 7.99. The molecule has 1 atom stereocenters. The van der Waals surface area contributed by atoms with E-state index in [1.807, 2.05) is 18.7 Å². The molecular formula is C10H15N3O2S. The molecule has 0 amide bonds. The van der Waals surface area contributed by atoms with Crippen molar-refractivity contribution in [3.05, 3.63) is 28.4 Å². The number of hydrogen-bond acceptors (Lipinski definition) is 5. The summed E-state index contributed by atoms with van der Waals surface area (Å²) in [5.41, 5.74) is 0.0628. The van der Waals surface area contributed by atoms with Crippen molar-refractivity contribution >= 4 is 23.3 Å². The van der Waals surface area contributed by atoms with Gasteiger partial charge in [0, 0.05) is 24.1 Å². The summed E-state index contributed by atoms with van der Waals surface area (Å²) < 4.78 is 0. The lowest BCUT2D eigenvalue weighted by atomic mass is 10.3. The van der Waals surface area contributed by atoms with E-state index in [1.165, 1.54) is 18.3 Å². The second kappa shape index (κ2) is 6.32. The van der Waals surface area contributed by atoms with Gasteiger partial charge >= 0.3 is 0 Å². The largest absolute Gasteiger partial charge is 0.367 e. The zero-order valence-corrected chi connectivity index (χ0v) is 10.2. The van der Waals surface area contributed by atoms with Crippen LogP contribution in [0, 0.1) is 10.1 Å². The first-order valence-electron chi connectivity index (χ1n) is 5.08. The Morgan fingerprint density at radius 3 is 3.06 bits per heavy atom. The van der Waals surface area contributed by atoms with Crippen molar-refractivity contribution in [1.82, 2.24) is 4.98 Å². The maximum absolute atomic E-state index is 10.6. The molecule has 0 aliphatic carbocycles. The SMILES string of the molecule is CCSCC(C)Nc1cc([N+](=O)[O-])ccn1. The number of nitro groups is 1. The lowest BCUT2D eigenvalue weighted by Crippen LogP contribution is -2.18. The molecule has 1 unspecified atom stereocenters. The molecule has 0 aliphatic rings. The smallest absolute Gasteiger partial charge is 0.274 e. The molecule has 88 valence electrons. The molecule has 1 heterocycles. The first-order chi connectivity index (χ1) is 7.63. The number of pyridine rings is 1. The summed E-state index contributed by atoms with van der Waals surface area (Å²) in [4.78, 5) is 14.2. The third kappa shape index (κ3) is 4.06. The van der Waals surface area contributed by atoms with E-state index in [0.717, 1.165) is 11.5 Å². The van der Waals surface area contributed by atoms with E-state index in [1.54, 1.807) is 0 Å². The summed E-state index contributed by atoms with van der Waals surface area (Å²) in [5, 5.41) is 13.7. The molecule has 1 aromatic rings. The van der Waals surface area contributed by atoms with Gasteiger partial charge < -0.3 is 5.32 Å². The first-order valence-corrected chi connectivity index (χ1v) is 6.23. The van der Waals surface area contributed by atoms with E-state index in [2.05, 4.69) is 17.2 Å². The molecule has 0 radical (unpaired) electrons. The van der Waals surface area contributed by atoms with Crippen LogP contribution in [0.4, 0.5) is 11.5 Å². The van der Waals surface area contributed by atoms with E-state index in [4.69, 9.17) is 0 Å². The standard InChI is InChI=1S/C10H15N3O2S/c1-3-16-7-8(2)12-10-6-9(13(14)15)4-5-11-10/h4-6,8H,3,7H2,1-2H3,(H,11,12). The minimum Gasteiger partial charge on any atom is -0.367 e. The van der Waals surface area contributed by atoms with Gasteiger partial charge in [-0.1, -0.05) is 6.92 Å². The molecule has 1 aromatic heterocycles. The Bertz CT molecular complexity index is 360. The Morgan fingerprint density at radius 1 is 1.69 bits per heavy atom. The highest BCUT2D eigenvalue weighted by atomic mass is 32.2. The van der Waals surface area contributed by atoms with Gasteiger partial charge in [-0.2, -0.15) is 11.8 Å². The number of hydrogen-bond donors (Lipinski definition) is 1. The average molecular weight is 241 g/mol. The van der Waals surface area contributed by atoms with Crippen LogP contribution in [0.25, 0.3) is 0 Å². The molecule has 0 aromatic carbocycles. The van der Waals surface area contributed by atoms with Gasteiger partial charge in [-0.25, -0.2) is 4.98 Å². The van der Waals surface area contributed by atoms with E-state index >= 15 is 0 Å². The predicted molar refractivity (Wildman–Crippen MR) is 67.0 cm³/mol. The number of nitrogens with zero attached hydrogens (tertiary/aromatic N) is 2. The predicted octanol–water partition coefficient (Wildman–Crippen LogP) is 2.54. The van der Waals surface area contributed by atoms with Crippen LogP contribution in [0.3, 0.4) is 0 Å². The number of aromatic nitrogens is 1. The van der Waals surface area contributed by atoms with Crippen LogP contribution in [0.15, 0.2) is 18.3 Å². The Labute approximate surface area is 98.8 Å². The summed E-state index contributed by atoms with van der Waals surface area (Å²) in [6.45, 7) is 4.13. The quantitative estimate of drug-likeness (QED) is 0.612. The minimum atomic E-state index is -0.418. The minimum absolute atomic E-state index is 0.0628. The second-order valence-corrected chi connectivity index (χ2v) is 4.68. The highest BCUT2D eigenvalue weighted by Crippen LogP contribution is 2.15. The number of thioether (sulfide) groups is 1. The Morgan fingerprint density at radius 2 is 2.44 bits per heavy atom. The van der Waals surface area contributed by atoms with Gasteiger partial charge in [0.1, 0.15) is 5.82 Å². The third-order valence-electron chi connectivity index (χ3n) is 1.92. The second-order valence-electron chi connectivity index (χ2n) is 3.36. The molecule has 0 aliphatic heterocycles. The average Bonchev–Trinajstić information content (AvgIpc) is 2.26. The molecule has 0 bridgehead atoms. The van der Waals surface area contributed by atoms with Crippen molar-refractivity contribution in [3.63, 3.8) is 0 Å². The molecule has 1 N–H and O–H groups in total. The van der Waals surface area contributed by atoms with Gasteiger partial charge in [0.15, 0.2) is 0 Å². The van der Waals surface area contributed by atoms with Gasteiger partial charge in [0.05, 0.1) is 11.0 Å². The summed E-state index contributed by atoms with van der Waals surface area (Å²) in [6.07, 6.45) is 1.44. The van der Waals surface area contributed by atoms with Crippen LogP contribution in [0.5, 0.6) is 0 Å². The van der Waals surface area contributed by atoms with E-state index in [0.29, 0.717) is 5.82 Å². The van der Waals surface area contributed by atoms with Gasteiger partial charge in [-0.3, -0.25) is 10.1 Å². The Kier molecular flexibility index (Phi) is 5.04. The van der Waals surface area contributed by atoms with E-state index < -0.39 is 4.92 Å². The fraction of sp³-hybridized carbons (Fsp3) is 0.500. The molecule has 0 saturated heterocycles. The van der Waals surface area contributed by atoms with Crippen LogP contribution in [-0.4, -0.2) is 27.5 Å². The third-order valence-corrected chi connectivity index (χ3v) is 3.06. The lowest BCUT2D eigenvalue weighted by Gasteiger charge is -2.13. The lowest BCUT2D eigenvalue weighted by molar-refractivity contribution is -0.384.